The molecule has 0 bridgehead atoms. The molecule has 1 aromatic heterocycles. The van der Waals surface area contributed by atoms with Gasteiger partial charge in [-0.05, 0) is 60.9 Å². The molecule has 2 saturated carbocycles. The van der Waals surface area contributed by atoms with Crippen molar-refractivity contribution in [2.24, 2.45) is 29.6 Å². The van der Waals surface area contributed by atoms with Crippen LogP contribution in [0.3, 0.4) is 0 Å². The SMILES string of the molecule is C[C@@H]1C(=O)O[C@H]2C[C@@H]3CCCC[C@H]3[C@H](/C=C/c3ccc(-c4cc(Cl)ccc4Cl)cn3)[C@H]21. The lowest BCUT2D eigenvalue weighted by atomic mass is 9.59. The van der Waals surface area contributed by atoms with Gasteiger partial charge in [-0.2, -0.15) is 0 Å². The zero-order chi connectivity index (χ0) is 21.5. The highest BCUT2D eigenvalue weighted by Crippen LogP contribution is 2.52. The van der Waals surface area contributed by atoms with Crippen molar-refractivity contribution in [3.63, 3.8) is 0 Å². The summed E-state index contributed by atoms with van der Waals surface area (Å²) in [5.74, 6) is 1.92. The summed E-state index contributed by atoms with van der Waals surface area (Å²) < 4.78 is 5.78. The number of hydrogen-bond donors (Lipinski definition) is 0. The minimum Gasteiger partial charge on any atom is -0.462 e. The second kappa shape index (κ2) is 8.60. The zero-order valence-corrected chi connectivity index (χ0v) is 19.1. The number of aromatic nitrogens is 1. The number of benzene rings is 1. The van der Waals surface area contributed by atoms with E-state index in [0.29, 0.717) is 27.8 Å². The number of esters is 1. The first-order valence-corrected chi connectivity index (χ1v) is 12.1. The maximum Gasteiger partial charge on any atom is 0.309 e. The van der Waals surface area contributed by atoms with E-state index in [0.717, 1.165) is 23.2 Å². The normalized spacial score (nSPS) is 32.5. The van der Waals surface area contributed by atoms with Gasteiger partial charge in [-0.3, -0.25) is 9.78 Å². The Hall–Kier alpha value is -1.84. The van der Waals surface area contributed by atoms with Crippen molar-refractivity contribution in [2.75, 3.05) is 0 Å². The summed E-state index contributed by atoms with van der Waals surface area (Å²) in [4.78, 5) is 17.0. The fraction of sp³-hybridized carbons (Fsp3) is 0.462. The number of rotatable bonds is 3. The first-order chi connectivity index (χ1) is 15.0. The Morgan fingerprint density at radius 2 is 1.97 bits per heavy atom. The number of fused-ring (bicyclic) bond motifs is 2. The van der Waals surface area contributed by atoms with Crippen LogP contribution in [-0.2, 0) is 9.53 Å². The Labute approximate surface area is 193 Å². The van der Waals surface area contributed by atoms with Crippen LogP contribution in [-0.4, -0.2) is 17.1 Å². The zero-order valence-electron chi connectivity index (χ0n) is 17.6. The lowest BCUT2D eigenvalue weighted by molar-refractivity contribution is -0.145. The van der Waals surface area contributed by atoms with E-state index in [1.165, 1.54) is 25.7 Å². The van der Waals surface area contributed by atoms with Gasteiger partial charge in [0.25, 0.3) is 0 Å². The van der Waals surface area contributed by atoms with Crippen molar-refractivity contribution in [1.29, 1.82) is 0 Å². The molecule has 0 unspecified atom stereocenters. The molecule has 0 N–H and O–H groups in total. The molecule has 5 heteroatoms. The first kappa shape index (κ1) is 21.0. The van der Waals surface area contributed by atoms with Gasteiger partial charge in [-0.15, -0.1) is 0 Å². The molecule has 1 saturated heterocycles. The maximum absolute atomic E-state index is 12.3. The van der Waals surface area contributed by atoms with Gasteiger partial charge in [0.1, 0.15) is 6.10 Å². The molecule has 1 aliphatic heterocycles. The van der Waals surface area contributed by atoms with E-state index >= 15 is 0 Å². The van der Waals surface area contributed by atoms with E-state index in [2.05, 4.69) is 17.1 Å². The van der Waals surface area contributed by atoms with Crippen molar-refractivity contribution in [3.05, 3.63) is 58.3 Å². The minimum atomic E-state index is -0.0252. The number of nitrogens with zero attached hydrogens (tertiary/aromatic N) is 1. The van der Waals surface area contributed by atoms with Gasteiger partial charge < -0.3 is 4.74 Å². The molecular formula is C26H27Cl2NO2. The minimum absolute atomic E-state index is 0.0204. The number of allylic oxidation sites excluding steroid dienone is 1. The van der Waals surface area contributed by atoms with E-state index in [4.69, 9.17) is 27.9 Å². The quantitative estimate of drug-likeness (QED) is 0.464. The van der Waals surface area contributed by atoms with Crippen molar-refractivity contribution in [1.82, 2.24) is 4.98 Å². The third-order valence-electron chi connectivity index (χ3n) is 7.60. The number of ether oxygens (including phenoxy) is 1. The predicted octanol–water partition coefficient (Wildman–Crippen LogP) is 7.07. The van der Waals surface area contributed by atoms with Crippen LogP contribution >= 0.6 is 23.2 Å². The van der Waals surface area contributed by atoms with Crippen molar-refractivity contribution < 1.29 is 9.53 Å². The number of carbonyl (C=O) groups excluding carboxylic acids is 1. The second-order valence-electron chi connectivity index (χ2n) is 9.32. The molecule has 162 valence electrons. The standard InChI is InChI=1S/C26H27Cl2NO2/c1-15-25-21(20-5-3-2-4-16(20)12-24(25)31-26(15)30)10-9-19-8-6-17(14-29-19)22-13-18(27)7-11-23(22)28/h6-11,13-16,20-21,24-25H,2-5,12H2,1H3/b10-9+/t15-,16-,20+,21-,24-,25+/m0/s1. The number of carbonyl (C=O) groups is 1. The molecular weight excluding hydrogens is 429 g/mol. The molecule has 0 spiro atoms. The summed E-state index contributed by atoms with van der Waals surface area (Å²) in [6, 6.07) is 9.50. The lowest BCUT2D eigenvalue weighted by Gasteiger charge is -2.46. The second-order valence-corrected chi connectivity index (χ2v) is 10.2. The number of pyridine rings is 1. The highest BCUT2D eigenvalue weighted by molar-refractivity contribution is 6.35. The van der Waals surface area contributed by atoms with Gasteiger partial charge in [0.2, 0.25) is 0 Å². The molecule has 3 nitrogen and oxygen atoms in total. The molecule has 2 heterocycles. The van der Waals surface area contributed by atoms with Crippen molar-refractivity contribution in [2.45, 2.75) is 45.1 Å². The summed E-state index contributed by atoms with van der Waals surface area (Å²) in [6.07, 6.45) is 12.5. The van der Waals surface area contributed by atoms with Crippen LogP contribution in [0.25, 0.3) is 17.2 Å². The van der Waals surface area contributed by atoms with Crippen LogP contribution in [0.5, 0.6) is 0 Å². The van der Waals surface area contributed by atoms with E-state index in [1.807, 2.05) is 31.3 Å². The van der Waals surface area contributed by atoms with Crippen LogP contribution in [0.4, 0.5) is 0 Å². The molecule has 1 aromatic carbocycles. The van der Waals surface area contributed by atoms with Crippen LogP contribution in [0.2, 0.25) is 10.0 Å². The van der Waals surface area contributed by atoms with Crippen molar-refractivity contribution in [3.8, 4) is 11.1 Å². The molecule has 6 atom stereocenters. The van der Waals surface area contributed by atoms with Crippen LogP contribution in [0.15, 0.2) is 42.6 Å². The smallest absolute Gasteiger partial charge is 0.309 e. The fourth-order valence-corrected chi connectivity index (χ4v) is 6.48. The molecule has 0 radical (unpaired) electrons. The van der Waals surface area contributed by atoms with E-state index in [9.17, 15) is 4.79 Å². The summed E-state index contributed by atoms with van der Waals surface area (Å²) in [6.45, 7) is 2.04. The van der Waals surface area contributed by atoms with Gasteiger partial charge in [0.15, 0.2) is 0 Å². The van der Waals surface area contributed by atoms with Gasteiger partial charge in [-0.1, -0.05) is 61.5 Å². The van der Waals surface area contributed by atoms with Gasteiger partial charge in [0, 0.05) is 33.3 Å². The van der Waals surface area contributed by atoms with E-state index < -0.39 is 0 Å². The van der Waals surface area contributed by atoms with Crippen LogP contribution in [0.1, 0.15) is 44.7 Å². The summed E-state index contributed by atoms with van der Waals surface area (Å²) >= 11 is 12.5. The van der Waals surface area contributed by atoms with Crippen molar-refractivity contribution >= 4 is 35.2 Å². The Balaban J connectivity index is 1.40. The van der Waals surface area contributed by atoms with Gasteiger partial charge in [0.05, 0.1) is 11.6 Å². The highest BCUT2D eigenvalue weighted by Gasteiger charge is 2.53. The maximum atomic E-state index is 12.3. The molecule has 2 aliphatic carbocycles. The number of halogens is 2. The summed E-state index contributed by atoms with van der Waals surface area (Å²) in [7, 11) is 0. The molecule has 0 amide bonds. The highest BCUT2D eigenvalue weighted by atomic mass is 35.5. The summed E-state index contributed by atoms with van der Waals surface area (Å²) in [5.41, 5.74) is 2.74. The monoisotopic (exact) mass is 455 g/mol. The fourth-order valence-electron chi connectivity index (χ4n) is 6.08. The summed E-state index contributed by atoms with van der Waals surface area (Å²) in [5, 5.41) is 1.31. The topological polar surface area (TPSA) is 39.2 Å². The first-order valence-electron chi connectivity index (χ1n) is 11.3. The Bertz CT molecular complexity index is 1000. The predicted molar refractivity (Wildman–Crippen MR) is 125 cm³/mol. The average molecular weight is 456 g/mol. The van der Waals surface area contributed by atoms with Gasteiger partial charge in [-0.25, -0.2) is 0 Å². The Morgan fingerprint density at radius 1 is 1.13 bits per heavy atom. The molecule has 2 aromatic rings. The molecule has 5 rings (SSSR count). The third kappa shape index (κ3) is 4.03. The molecule has 3 aliphatic rings. The Kier molecular flexibility index (Phi) is 5.83. The molecule has 31 heavy (non-hydrogen) atoms. The third-order valence-corrected chi connectivity index (χ3v) is 8.17. The largest absolute Gasteiger partial charge is 0.462 e. The average Bonchev–Trinajstić information content (AvgIpc) is 3.06. The number of hydrogen-bond acceptors (Lipinski definition) is 3. The van der Waals surface area contributed by atoms with Gasteiger partial charge >= 0.3 is 5.97 Å². The van der Waals surface area contributed by atoms with Crippen LogP contribution in [0, 0.1) is 29.6 Å². The Morgan fingerprint density at radius 3 is 2.77 bits per heavy atom. The van der Waals surface area contributed by atoms with E-state index in [1.54, 1.807) is 12.1 Å². The van der Waals surface area contributed by atoms with E-state index in [-0.39, 0.29) is 23.9 Å². The lowest BCUT2D eigenvalue weighted by Crippen LogP contribution is -2.43. The molecule has 3 fully saturated rings. The van der Waals surface area contributed by atoms with Crippen LogP contribution < -0.4 is 0 Å².